The Labute approximate surface area is 196 Å². The van der Waals surface area contributed by atoms with Gasteiger partial charge in [-0.15, -0.1) is 0 Å². The van der Waals surface area contributed by atoms with E-state index in [2.05, 4.69) is 4.98 Å². The minimum atomic E-state index is -0.833. The van der Waals surface area contributed by atoms with Gasteiger partial charge in [-0.25, -0.2) is 9.18 Å². The molecular formula is C25H36BFN2O4. The van der Waals surface area contributed by atoms with E-state index in [4.69, 9.17) is 14.0 Å². The Hall–Kier alpha value is -2.06. The quantitative estimate of drug-likeness (QED) is 0.614. The van der Waals surface area contributed by atoms with Crippen LogP contribution in [-0.2, 0) is 14.0 Å². The standard InChI is InChI=1S/C25H36BFN2O4/c1-15-13-17-16(19-11-9-10-12-29(19)22(30)31-23(2,3)4)14-18(20(27)21(17)28-15)26-32-24(5,6)25(7,8)33-26/h13-14,19,28H,9-12H2,1-8H3. The van der Waals surface area contributed by atoms with Crippen LogP contribution in [-0.4, -0.2) is 46.4 Å². The van der Waals surface area contributed by atoms with Crippen LogP contribution in [0.15, 0.2) is 12.1 Å². The van der Waals surface area contributed by atoms with Gasteiger partial charge in [0.25, 0.3) is 0 Å². The van der Waals surface area contributed by atoms with E-state index < -0.39 is 23.9 Å². The Morgan fingerprint density at radius 3 is 2.42 bits per heavy atom. The van der Waals surface area contributed by atoms with E-state index in [0.717, 1.165) is 35.9 Å². The van der Waals surface area contributed by atoms with Crippen molar-refractivity contribution in [3.63, 3.8) is 0 Å². The third kappa shape index (κ3) is 4.39. The fourth-order valence-corrected chi connectivity index (χ4v) is 4.65. The molecule has 4 rings (SSSR count). The number of hydrogen-bond donors (Lipinski definition) is 1. The molecule has 2 fully saturated rings. The van der Waals surface area contributed by atoms with E-state index in [1.807, 2.05) is 67.5 Å². The molecule has 0 aliphatic carbocycles. The average Bonchev–Trinajstić information content (AvgIpc) is 3.17. The number of fused-ring (bicyclic) bond motifs is 1. The molecule has 2 aromatic rings. The van der Waals surface area contributed by atoms with Crippen molar-refractivity contribution in [3.8, 4) is 0 Å². The normalized spacial score (nSPS) is 22.8. The number of piperidine rings is 1. The van der Waals surface area contributed by atoms with E-state index in [9.17, 15) is 4.79 Å². The van der Waals surface area contributed by atoms with Crippen LogP contribution in [0, 0.1) is 12.7 Å². The zero-order chi connectivity index (χ0) is 24.3. The molecule has 1 aromatic carbocycles. The van der Waals surface area contributed by atoms with Crippen molar-refractivity contribution in [2.24, 2.45) is 0 Å². The zero-order valence-corrected chi connectivity index (χ0v) is 21.1. The number of nitrogens with zero attached hydrogens (tertiary/aromatic N) is 1. The Kier molecular flexibility index (Phi) is 5.85. The second kappa shape index (κ2) is 8.02. The third-order valence-electron chi connectivity index (χ3n) is 7.04. The summed E-state index contributed by atoms with van der Waals surface area (Å²) in [7, 11) is -0.833. The van der Waals surface area contributed by atoms with Gasteiger partial charge < -0.3 is 23.9 Å². The average molecular weight is 458 g/mol. The highest BCUT2D eigenvalue weighted by Gasteiger charge is 2.53. The lowest BCUT2D eigenvalue weighted by atomic mass is 9.76. The van der Waals surface area contributed by atoms with Crippen LogP contribution in [0.4, 0.5) is 9.18 Å². The van der Waals surface area contributed by atoms with Gasteiger partial charge in [0.2, 0.25) is 0 Å². The van der Waals surface area contributed by atoms with Crippen LogP contribution in [0.1, 0.15) is 85.0 Å². The molecule has 2 aliphatic rings. The monoisotopic (exact) mass is 458 g/mol. The van der Waals surface area contributed by atoms with Gasteiger partial charge in [-0.2, -0.15) is 0 Å². The molecule has 8 heteroatoms. The summed E-state index contributed by atoms with van der Waals surface area (Å²) in [5.41, 5.74) is 0.769. The first-order valence-corrected chi connectivity index (χ1v) is 11.9. The summed E-state index contributed by atoms with van der Waals surface area (Å²) in [5.74, 6) is -0.375. The summed E-state index contributed by atoms with van der Waals surface area (Å²) < 4.78 is 33.9. The van der Waals surface area contributed by atoms with E-state index in [-0.39, 0.29) is 18.0 Å². The molecule has 2 saturated heterocycles. The van der Waals surface area contributed by atoms with Gasteiger partial charge >= 0.3 is 13.2 Å². The number of nitrogens with one attached hydrogen (secondary N) is 1. The van der Waals surface area contributed by atoms with Gasteiger partial charge in [0.1, 0.15) is 11.4 Å². The highest BCUT2D eigenvalue weighted by molar-refractivity contribution is 6.62. The molecule has 6 nitrogen and oxygen atoms in total. The number of H-pyrrole nitrogens is 1. The number of carbonyl (C=O) groups is 1. The molecular weight excluding hydrogens is 422 g/mol. The highest BCUT2D eigenvalue weighted by Crippen LogP contribution is 2.40. The van der Waals surface area contributed by atoms with Crippen LogP contribution >= 0.6 is 0 Å². The number of likely N-dealkylation sites (tertiary alicyclic amines) is 1. The van der Waals surface area contributed by atoms with Gasteiger partial charge in [0, 0.05) is 23.1 Å². The number of rotatable bonds is 2. The zero-order valence-electron chi connectivity index (χ0n) is 21.1. The van der Waals surface area contributed by atoms with E-state index >= 15 is 4.39 Å². The van der Waals surface area contributed by atoms with Crippen molar-refractivity contribution >= 4 is 29.6 Å². The molecule has 3 heterocycles. The Bertz CT molecular complexity index is 1060. The number of amides is 1. The molecule has 0 saturated carbocycles. The van der Waals surface area contributed by atoms with Crippen molar-refractivity contribution in [3.05, 3.63) is 29.2 Å². The predicted octanol–water partition coefficient (Wildman–Crippen LogP) is 5.38. The van der Waals surface area contributed by atoms with E-state index in [1.165, 1.54) is 0 Å². The van der Waals surface area contributed by atoms with Crippen molar-refractivity contribution in [2.75, 3.05) is 6.54 Å². The SMILES string of the molecule is Cc1cc2c(C3CCCCN3C(=O)OC(C)(C)C)cc(B3OC(C)(C)C(C)(C)O3)c(F)c2[nH]1. The molecule has 1 atom stereocenters. The number of ether oxygens (including phenoxy) is 1. The summed E-state index contributed by atoms with van der Waals surface area (Å²) in [6.07, 6.45) is 2.34. The summed E-state index contributed by atoms with van der Waals surface area (Å²) in [4.78, 5) is 18.1. The summed E-state index contributed by atoms with van der Waals surface area (Å²) in [6, 6.07) is 3.57. The smallest absolute Gasteiger partial charge is 0.444 e. The number of halogens is 1. The Morgan fingerprint density at radius 1 is 1.18 bits per heavy atom. The third-order valence-corrected chi connectivity index (χ3v) is 7.04. The molecule has 0 bridgehead atoms. The van der Waals surface area contributed by atoms with Crippen molar-refractivity contribution < 1.29 is 23.2 Å². The van der Waals surface area contributed by atoms with Crippen molar-refractivity contribution in [1.82, 2.24) is 9.88 Å². The molecule has 1 N–H and O–H groups in total. The fraction of sp³-hybridized carbons (Fsp3) is 0.640. The van der Waals surface area contributed by atoms with Crippen molar-refractivity contribution in [2.45, 2.75) is 97.5 Å². The molecule has 0 radical (unpaired) electrons. The van der Waals surface area contributed by atoms with Gasteiger partial charge in [-0.3, -0.25) is 0 Å². The van der Waals surface area contributed by atoms with E-state index in [0.29, 0.717) is 17.5 Å². The molecule has 2 aliphatic heterocycles. The van der Waals surface area contributed by atoms with Crippen molar-refractivity contribution in [1.29, 1.82) is 0 Å². The number of hydrogen-bond acceptors (Lipinski definition) is 4. The first kappa shape index (κ1) is 24.1. The highest BCUT2D eigenvalue weighted by atomic mass is 19.1. The van der Waals surface area contributed by atoms with Gasteiger partial charge in [0.05, 0.1) is 22.8 Å². The maximum atomic E-state index is 15.8. The van der Waals surface area contributed by atoms with Crippen LogP contribution in [0.3, 0.4) is 0 Å². The molecule has 1 aromatic heterocycles. The summed E-state index contributed by atoms with van der Waals surface area (Å²) in [5, 5.41) is 0.783. The fourth-order valence-electron chi connectivity index (χ4n) is 4.65. The first-order chi connectivity index (χ1) is 15.2. The van der Waals surface area contributed by atoms with E-state index in [1.54, 1.807) is 4.90 Å². The first-order valence-electron chi connectivity index (χ1n) is 11.9. The predicted molar refractivity (Wildman–Crippen MR) is 128 cm³/mol. The van der Waals surface area contributed by atoms with Gasteiger partial charge in [0.15, 0.2) is 0 Å². The van der Waals surface area contributed by atoms with Crippen LogP contribution < -0.4 is 5.46 Å². The molecule has 180 valence electrons. The maximum absolute atomic E-state index is 15.8. The second-order valence-corrected chi connectivity index (χ2v) is 11.4. The number of aryl methyl sites for hydroxylation is 1. The van der Waals surface area contributed by atoms with Crippen LogP contribution in [0.25, 0.3) is 10.9 Å². The minimum Gasteiger partial charge on any atom is -0.444 e. The Morgan fingerprint density at radius 2 is 1.82 bits per heavy atom. The molecule has 33 heavy (non-hydrogen) atoms. The number of aromatic nitrogens is 1. The lowest BCUT2D eigenvalue weighted by Crippen LogP contribution is -2.43. The minimum absolute atomic E-state index is 0.215. The lowest BCUT2D eigenvalue weighted by Gasteiger charge is -2.37. The summed E-state index contributed by atoms with van der Waals surface area (Å²) >= 11 is 0. The number of aromatic amines is 1. The topological polar surface area (TPSA) is 63.8 Å². The maximum Gasteiger partial charge on any atom is 0.497 e. The number of carbonyl (C=O) groups excluding carboxylic acids is 1. The number of benzene rings is 1. The second-order valence-electron chi connectivity index (χ2n) is 11.4. The van der Waals surface area contributed by atoms with Gasteiger partial charge in [-0.05, 0) is 86.3 Å². The van der Waals surface area contributed by atoms with Crippen LogP contribution in [0.5, 0.6) is 0 Å². The molecule has 1 unspecified atom stereocenters. The van der Waals surface area contributed by atoms with Crippen LogP contribution in [0.2, 0.25) is 0 Å². The molecule has 1 amide bonds. The Balaban J connectivity index is 1.82. The lowest BCUT2D eigenvalue weighted by molar-refractivity contribution is 0.00578. The molecule has 0 spiro atoms. The largest absolute Gasteiger partial charge is 0.497 e. The van der Waals surface area contributed by atoms with Gasteiger partial charge in [-0.1, -0.05) is 6.07 Å². The summed E-state index contributed by atoms with van der Waals surface area (Å²) in [6.45, 7) is 15.9.